The summed E-state index contributed by atoms with van der Waals surface area (Å²) in [6.45, 7) is 6.65. The molecule has 2 saturated heterocycles. The normalized spacial score (nSPS) is 21.6. The molecule has 0 radical (unpaired) electrons. The van der Waals surface area contributed by atoms with Crippen molar-refractivity contribution < 1.29 is 18.3 Å². The molecule has 0 saturated carbocycles. The van der Waals surface area contributed by atoms with Gasteiger partial charge in [-0.3, -0.25) is 4.79 Å². The van der Waals surface area contributed by atoms with E-state index in [0.29, 0.717) is 38.1 Å². The van der Waals surface area contributed by atoms with Crippen molar-refractivity contribution >= 4 is 5.91 Å². The van der Waals surface area contributed by atoms with Crippen molar-refractivity contribution in [3.05, 3.63) is 47.4 Å². The maximum Gasteiger partial charge on any atom is 0.227 e. The van der Waals surface area contributed by atoms with Gasteiger partial charge < -0.3 is 14.1 Å². The van der Waals surface area contributed by atoms with Gasteiger partial charge in [0.25, 0.3) is 0 Å². The zero-order valence-electron chi connectivity index (χ0n) is 16.4. The molecule has 3 heterocycles. The molecule has 150 valence electrons. The third-order valence-electron chi connectivity index (χ3n) is 6.01. The minimum atomic E-state index is -0.295. The first-order valence-electron chi connectivity index (χ1n) is 9.90. The number of rotatable bonds is 4. The van der Waals surface area contributed by atoms with E-state index in [1.807, 2.05) is 18.7 Å². The van der Waals surface area contributed by atoms with Crippen molar-refractivity contribution in [2.24, 2.45) is 5.41 Å². The van der Waals surface area contributed by atoms with Crippen LogP contribution < -0.4 is 0 Å². The van der Waals surface area contributed by atoms with Gasteiger partial charge in [0.15, 0.2) is 0 Å². The highest BCUT2D eigenvalue weighted by Gasteiger charge is 2.51. The largest absolute Gasteiger partial charge is 0.425 e. The number of carbonyl (C=O) groups is 1. The molecular weight excluding hydrogens is 361 g/mol. The van der Waals surface area contributed by atoms with Gasteiger partial charge in [-0.25, -0.2) is 4.39 Å². The molecule has 0 aliphatic carbocycles. The highest BCUT2D eigenvalue weighted by Crippen LogP contribution is 2.49. The molecule has 28 heavy (non-hydrogen) atoms. The van der Waals surface area contributed by atoms with E-state index in [2.05, 4.69) is 10.2 Å². The fraction of sp³-hybridized carbons (Fsp3) is 0.571. The zero-order chi connectivity index (χ0) is 19.7. The Hall–Kier alpha value is -2.28. The summed E-state index contributed by atoms with van der Waals surface area (Å²) in [5.41, 5.74) is 0.730. The first kappa shape index (κ1) is 19.1. The predicted molar refractivity (Wildman–Crippen MR) is 100 cm³/mol. The van der Waals surface area contributed by atoms with Gasteiger partial charge >= 0.3 is 0 Å². The molecule has 1 atom stereocenters. The van der Waals surface area contributed by atoms with Gasteiger partial charge in [0.1, 0.15) is 5.82 Å². The Bertz CT molecular complexity index is 828. The van der Waals surface area contributed by atoms with Crippen LogP contribution >= 0.6 is 0 Å². The molecule has 2 aromatic rings. The number of nitrogens with zero attached hydrogens (tertiary/aromatic N) is 3. The molecule has 1 spiro atoms. The van der Waals surface area contributed by atoms with Crippen molar-refractivity contribution in [2.45, 2.75) is 44.9 Å². The second kappa shape index (κ2) is 7.62. The van der Waals surface area contributed by atoms with Gasteiger partial charge in [0, 0.05) is 37.6 Å². The molecular formula is C21H26FN3O3. The van der Waals surface area contributed by atoms with Crippen LogP contribution in [0.4, 0.5) is 4.39 Å². The minimum absolute atomic E-state index is 0.0218. The number of likely N-dealkylation sites (tertiary alicyclic amines) is 1. The van der Waals surface area contributed by atoms with Crippen molar-refractivity contribution in [3.63, 3.8) is 0 Å². The Morgan fingerprint density at radius 2 is 1.96 bits per heavy atom. The summed E-state index contributed by atoms with van der Waals surface area (Å²) in [6, 6.07) is 6.11. The van der Waals surface area contributed by atoms with Gasteiger partial charge in [0.2, 0.25) is 17.7 Å². The van der Waals surface area contributed by atoms with Crippen LogP contribution in [-0.2, 0) is 16.0 Å². The van der Waals surface area contributed by atoms with E-state index in [0.717, 1.165) is 18.4 Å². The summed E-state index contributed by atoms with van der Waals surface area (Å²) in [7, 11) is 0. The molecule has 0 bridgehead atoms. The first-order valence-corrected chi connectivity index (χ1v) is 9.90. The molecule has 1 unspecified atom stereocenters. The minimum Gasteiger partial charge on any atom is -0.425 e. The van der Waals surface area contributed by atoms with Crippen LogP contribution in [-0.4, -0.2) is 47.3 Å². The number of hydrogen-bond acceptors (Lipinski definition) is 5. The molecule has 7 heteroatoms. The molecule has 1 aromatic carbocycles. The molecule has 6 nitrogen and oxygen atoms in total. The Morgan fingerprint density at radius 1 is 1.25 bits per heavy atom. The van der Waals surface area contributed by atoms with E-state index in [1.54, 1.807) is 12.1 Å². The van der Waals surface area contributed by atoms with Gasteiger partial charge in [-0.05, 0) is 30.5 Å². The predicted octanol–water partition coefficient (Wildman–Crippen LogP) is 3.30. The van der Waals surface area contributed by atoms with E-state index >= 15 is 0 Å². The van der Waals surface area contributed by atoms with Crippen LogP contribution in [0.25, 0.3) is 0 Å². The first-order chi connectivity index (χ1) is 13.5. The number of halogens is 1. The standard InChI is InChI=1S/C21H26FN3O3/c1-14(2)19-23-24-20(28-19)17-12-25(13-21(17)7-9-27-10-8-21)18(26)11-15-3-5-16(22)6-4-15/h3-6,14,17H,7-13H2,1-2H3. The number of aromatic nitrogens is 2. The van der Waals surface area contributed by atoms with Crippen molar-refractivity contribution in [3.8, 4) is 0 Å². The van der Waals surface area contributed by atoms with E-state index < -0.39 is 0 Å². The molecule has 2 fully saturated rings. The van der Waals surface area contributed by atoms with Crippen LogP contribution in [0, 0.1) is 11.2 Å². The SMILES string of the molecule is CC(C)c1nnc(C2CN(C(=O)Cc3ccc(F)cc3)CC23CCOCC3)o1. The zero-order valence-corrected chi connectivity index (χ0v) is 16.4. The maximum absolute atomic E-state index is 13.1. The summed E-state index contributed by atoms with van der Waals surface area (Å²) in [5, 5.41) is 8.52. The Morgan fingerprint density at radius 3 is 2.61 bits per heavy atom. The second-order valence-corrected chi connectivity index (χ2v) is 8.24. The van der Waals surface area contributed by atoms with Crippen LogP contribution in [0.1, 0.15) is 55.9 Å². The fourth-order valence-corrected chi connectivity index (χ4v) is 4.29. The summed E-state index contributed by atoms with van der Waals surface area (Å²) in [6.07, 6.45) is 2.01. The van der Waals surface area contributed by atoms with Crippen LogP contribution in [0.2, 0.25) is 0 Å². The van der Waals surface area contributed by atoms with Crippen molar-refractivity contribution in [2.75, 3.05) is 26.3 Å². The number of amides is 1. The molecule has 2 aliphatic rings. The van der Waals surface area contributed by atoms with Gasteiger partial charge in [-0.15, -0.1) is 10.2 Å². The summed E-state index contributed by atoms with van der Waals surface area (Å²) < 4.78 is 24.7. The van der Waals surface area contributed by atoms with E-state index in [4.69, 9.17) is 9.15 Å². The molecule has 0 N–H and O–H groups in total. The van der Waals surface area contributed by atoms with Gasteiger partial charge in [0.05, 0.1) is 12.3 Å². The summed E-state index contributed by atoms with van der Waals surface area (Å²) in [5.74, 6) is 1.20. The fourth-order valence-electron chi connectivity index (χ4n) is 4.29. The lowest BCUT2D eigenvalue weighted by Crippen LogP contribution is -2.37. The number of hydrogen-bond donors (Lipinski definition) is 0. The Labute approximate surface area is 164 Å². The lowest BCUT2D eigenvalue weighted by Gasteiger charge is -2.36. The highest BCUT2D eigenvalue weighted by atomic mass is 19.1. The van der Waals surface area contributed by atoms with Crippen LogP contribution in [0.5, 0.6) is 0 Å². The summed E-state index contributed by atoms with van der Waals surface area (Å²) >= 11 is 0. The Kier molecular flexibility index (Phi) is 5.19. The Balaban J connectivity index is 1.55. The van der Waals surface area contributed by atoms with E-state index in [1.165, 1.54) is 12.1 Å². The second-order valence-electron chi connectivity index (χ2n) is 8.24. The molecule has 1 amide bonds. The van der Waals surface area contributed by atoms with Crippen molar-refractivity contribution in [1.29, 1.82) is 0 Å². The van der Waals surface area contributed by atoms with Gasteiger partial charge in [-0.2, -0.15) is 0 Å². The quantitative estimate of drug-likeness (QED) is 0.805. The van der Waals surface area contributed by atoms with Crippen molar-refractivity contribution in [1.82, 2.24) is 15.1 Å². The van der Waals surface area contributed by atoms with E-state index in [-0.39, 0.29) is 35.4 Å². The number of benzene rings is 1. The topological polar surface area (TPSA) is 68.5 Å². The molecule has 1 aromatic heterocycles. The number of carbonyl (C=O) groups excluding carboxylic acids is 1. The molecule has 4 rings (SSSR count). The maximum atomic E-state index is 13.1. The average molecular weight is 387 g/mol. The van der Waals surface area contributed by atoms with Crippen LogP contribution in [0.3, 0.4) is 0 Å². The monoisotopic (exact) mass is 387 g/mol. The number of ether oxygens (including phenoxy) is 1. The summed E-state index contributed by atoms with van der Waals surface area (Å²) in [4.78, 5) is 14.9. The average Bonchev–Trinajstić information content (AvgIpc) is 3.30. The lowest BCUT2D eigenvalue weighted by atomic mass is 9.72. The van der Waals surface area contributed by atoms with E-state index in [9.17, 15) is 9.18 Å². The highest BCUT2D eigenvalue weighted by molar-refractivity contribution is 5.79. The van der Waals surface area contributed by atoms with Gasteiger partial charge in [-0.1, -0.05) is 26.0 Å². The molecule has 2 aliphatic heterocycles. The third-order valence-corrected chi connectivity index (χ3v) is 6.01. The smallest absolute Gasteiger partial charge is 0.227 e. The van der Waals surface area contributed by atoms with Crippen LogP contribution in [0.15, 0.2) is 28.7 Å². The lowest BCUT2D eigenvalue weighted by molar-refractivity contribution is -0.130. The third kappa shape index (κ3) is 3.68.